The number of allylic oxidation sites excluding steroid dienone is 2. The molecule has 0 amide bonds. The molecular weight excluding hydrogens is 283 g/mol. The van der Waals surface area contributed by atoms with Gasteiger partial charge in [0.15, 0.2) is 0 Å². The Hall–Kier alpha value is -1.11. The van der Waals surface area contributed by atoms with Gasteiger partial charge in [-0.2, -0.15) is 0 Å². The summed E-state index contributed by atoms with van der Waals surface area (Å²) in [5.41, 5.74) is 2.57. The predicted octanol–water partition coefficient (Wildman–Crippen LogP) is 7.10. The smallest absolute Gasteiger partial charge is 0.100 e. The van der Waals surface area contributed by atoms with E-state index >= 15 is 0 Å². The fourth-order valence-corrected chi connectivity index (χ4v) is 4.33. The minimum absolute atomic E-state index is 0.0565. The number of hydrogen-bond donors (Lipinski definition) is 0. The summed E-state index contributed by atoms with van der Waals surface area (Å²) < 4.78 is 14.2. The molecule has 0 aromatic heterocycles. The summed E-state index contributed by atoms with van der Waals surface area (Å²) >= 11 is 0. The molecule has 0 saturated heterocycles. The molecule has 0 aliphatic heterocycles. The molecule has 126 valence electrons. The maximum absolute atomic E-state index is 14.2. The van der Waals surface area contributed by atoms with Gasteiger partial charge in [0.25, 0.3) is 0 Å². The van der Waals surface area contributed by atoms with Crippen LogP contribution in [0.3, 0.4) is 0 Å². The first-order chi connectivity index (χ1) is 11.3. The van der Waals surface area contributed by atoms with Gasteiger partial charge >= 0.3 is 0 Å². The van der Waals surface area contributed by atoms with Crippen molar-refractivity contribution in [2.24, 2.45) is 5.92 Å². The van der Waals surface area contributed by atoms with Gasteiger partial charge < -0.3 is 0 Å². The van der Waals surface area contributed by atoms with Crippen LogP contribution in [0.1, 0.15) is 87.7 Å². The predicted molar refractivity (Wildman–Crippen MR) is 96.4 cm³/mol. The molecule has 1 aromatic carbocycles. The van der Waals surface area contributed by atoms with Crippen LogP contribution >= 0.6 is 0 Å². The van der Waals surface area contributed by atoms with Gasteiger partial charge in [0.1, 0.15) is 5.83 Å². The Labute approximate surface area is 141 Å². The van der Waals surface area contributed by atoms with E-state index in [4.69, 9.17) is 0 Å². The third-order valence-corrected chi connectivity index (χ3v) is 5.83. The fraction of sp³-hybridized carbons (Fsp3) is 0.636. The van der Waals surface area contributed by atoms with Crippen molar-refractivity contribution < 1.29 is 4.39 Å². The van der Waals surface area contributed by atoms with Gasteiger partial charge in [-0.15, -0.1) is 0 Å². The molecule has 2 fully saturated rings. The van der Waals surface area contributed by atoms with Crippen molar-refractivity contribution in [3.8, 4) is 0 Å². The van der Waals surface area contributed by atoms with Crippen LogP contribution in [0.5, 0.6) is 0 Å². The summed E-state index contributed by atoms with van der Waals surface area (Å²) in [5.74, 6) is 1.52. The Bertz CT molecular complexity index is 487. The SMILES string of the molecule is F/C(=C/CC1CCCCC1)Cc1ccc(C2CCCCC2)cc1. The highest BCUT2D eigenvalue weighted by Gasteiger charge is 2.15. The molecule has 3 rings (SSSR count). The molecule has 23 heavy (non-hydrogen) atoms. The third kappa shape index (κ3) is 5.19. The number of hydrogen-bond acceptors (Lipinski definition) is 0. The third-order valence-electron chi connectivity index (χ3n) is 5.83. The second-order valence-electron chi connectivity index (χ2n) is 7.64. The van der Waals surface area contributed by atoms with Crippen LogP contribution in [0.25, 0.3) is 0 Å². The van der Waals surface area contributed by atoms with E-state index in [1.807, 2.05) is 6.08 Å². The van der Waals surface area contributed by atoms with Crippen molar-refractivity contribution in [2.45, 2.75) is 83.0 Å². The average Bonchev–Trinajstić information content (AvgIpc) is 2.62. The fourth-order valence-electron chi connectivity index (χ4n) is 4.33. The van der Waals surface area contributed by atoms with E-state index in [-0.39, 0.29) is 5.83 Å². The summed E-state index contributed by atoms with van der Waals surface area (Å²) in [6.45, 7) is 0. The van der Waals surface area contributed by atoms with E-state index in [1.165, 1.54) is 69.8 Å². The molecule has 2 aliphatic rings. The summed E-state index contributed by atoms with van der Waals surface area (Å²) in [4.78, 5) is 0. The Morgan fingerprint density at radius 1 is 0.870 bits per heavy atom. The van der Waals surface area contributed by atoms with Gasteiger partial charge in [-0.3, -0.25) is 0 Å². The van der Waals surface area contributed by atoms with Crippen LogP contribution in [0.15, 0.2) is 36.2 Å². The minimum Gasteiger partial charge on any atom is -0.212 e. The summed E-state index contributed by atoms with van der Waals surface area (Å²) in [7, 11) is 0. The topological polar surface area (TPSA) is 0 Å². The number of rotatable bonds is 5. The van der Waals surface area contributed by atoms with E-state index in [0.717, 1.165) is 23.8 Å². The lowest BCUT2D eigenvalue weighted by atomic mass is 9.84. The molecule has 0 bridgehead atoms. The highest BCUT2D eigenvalue weighted by Crippen LogP contribution is 2.33. The van der Waals surface area contributed by atoms with Crippen LogP contribution in [-0.4, -0.2) is 0 Å². The van der Waals surface area contributed by atoms with Crippen LogP contribution in [0.2, 0.25) is 0 Å². The summed E-state index contributed by atoms with van der Waals surface area (Å²) in [6.07, 6.45) is 16.7. The Morgan fingerprint density at radius 3 is 2.13 bits per heavy atom. The standard InChI is InChI=1S/C22H31F/c23-22(16-13-18-7-3-1-4-8-18)17-19-11-14-21(15-12-19)20-9-5-2-6-10-20/h11-12,14-16,18,20H,1-10,13,17H2/b22-16+. The van der Waals surface area contributed by atoms with Gasteiger partial charge in [0.05, 0.1) is 0 Å². The Kier molecular flexibility index (Phi) is 6.30. The highest BCUT2D eigenvalue weighted by atomic mass is 19.1. The lowest BCUT2D eigenvalue weighted by molar-refractivity contribution is 0.359. The molecule has 0 unspecified atom stereocenters. The average molecular weight is 314 g/mol. The normalized spacial score (nSPS) is 21.5. The van der Waals surface area contributed by atoms with E-state index in [9.17, 15) is 4.39 Å². The zero-order chi connectivity index (χ0) is 15.9. The van der Waals surface area contributed by atoms with Gasteiger partial charge in [0.2, 0.25) is 0 Å². The van der Waals surface area contributed by atoms with Crippen molar-refractivity contribution in [3.05, 3.63) is 47.3 Å². The van der Waals surface area contributed by atoms with Crippen molar-refractivity contribution in [3.63, 3.8) is 0 Å². The van der Waals surface area contributed by atoms with Gasteiger partial charge in [0, 0.05) is 6.42 Å². The van der Waals surface area contributed by atoms with Crippen LogP contribution < -0.4 is 0 Å². The van der Waals surface area contributed by atoms with Crippen molar-refractivity contribution in [2.75, 3.05) is 0 Å². The summed E-state index contributed by atoms with van der Waals surface area (Å²) in [6, 6.07) is 8.75. The second-order valence-corrected chi connectivity index (χ2v) is 7.64. The zero-order valence-corrected chi connectivity index (χ0v) is 14.4. The molecule has 2 aliphatic carbocycles. The summed E-state index contributed by atoms with van der Waals surface area (Å²) in [5, 5.41) is 0. The Balaban J connectivity index is 1.50. The molecule has 0 radical (unpaired) electrons. The number of halogens is 1. The zero-order valence-electron chi connectivity index (χ0n) is 14.4. The van der Waals surface area contributed by atoms with Gasteiger partial charge in [-0.05, 0) is 42.2 Å². The molecule has 0 heterocycles. The van der Waals surface area contributed by atoms with E-state index < -0.39 is 0 Å². The molecule has 0 N–H and O–H groups in total. The first-order valence-corrected chi connectivity index (χ1v) is 9.74. The van der Waals surface area contributed by atoms with Crippen LogP contribution in [0.4, 0.5) is 4.39 Å². The van der Waals surface area contributed by atoms with Gasteiger partial charge in [-0.1, -0.05) is 81.7 Å². The quantitative estimate of drug-likeness (QED) is 0.543. The molecule has 0 nitrogen and oxygen atoms in total. The Morgan fingerprint density at radius 2 is 1.48 bits per heavy atom. The monoisotopic (exact) mass is 314 g/mol. The van der Waals surface area contributed by atoms with E-state index in [1.54, 1.807) is 0 Å². The van der Waals surface area contributed by atoms with Crippen molar-refractivity contribution in [1.29, 1.82) is 0 Å². The van der Waals surface area contributed by atoms with Crippen molar-refractivity contribution >= 4 is 0 Å². The van der Waals surface area contributed by atoms with Crippen LogP contribution in [0, 0.1) is 5.92 Å². The number of benzene rings is 1. The molecule has 0 spiro atoms. The minimum atomic E-state index is 0.0565. The van der Waals surface area contributed by atoms with E-state index in [2.05, 4.69) is 24.3 Å². The molecule has 1 heteroatoms. The first-order valence-electron chi connectivity index (χ1n) is 9.74. The lowest BCUT2D eigenvalue weighted by Crippen LogP contribution is -2.05. The molecule has 1 aromatic rings. The van der Waals surface area contributed by atoms with E-state index in [0.29, 0.717) is 6.42 Å². The molecule has 2 saturated carbocycles. The second kappa shape index (κ2) is 8.66. The molecule has 0 atom stereocenters. The largest absolute Gasteiger partial charge is 0.212 e. The first kappa shape index (κ1) is 16.7. The maximum atomic E-state index is 14.2. The van der Waals surface area contributed by atoms with Crippen LogP contribution in [-0.2, 0) is 6.42 Å². The van der Waals surface area contributed by atoms with Gasteiger partial charge in [-0.25, -0.2) is 4.39 Å². The van der Waals surface area contributed by atoms with Crippen molar-refractivity contribution in [1.82, 2.24) is 0 Å². The maximum Gasteiger partial charge on any atom is 0.100 e. The highest BCUT2D eigenvalue weighted by molar-refractivity contribution is 5.27. The molecular formula is C22H31F. The lowest BCUT2D eigenvalue weighted by Gasteiger charge is -2.22.